The number of rotatable bonds is 0. The Morgan fingerprint density at radius 1 is 1.36 bits per heavy atom. The lowest BCUT2D eigenvalue weighted by molar-refractivity contribution is 0.526. The van der Waals surface area contributed by atoms with E-state index in [2.05, 4.69) is 16.9 Å². The average molecular weight is 192 g/mol. The van der Waals surface area contributed by atoms with E-state index in [-0.39, 0.29) is 0 Å². The van der Waals surface area contributed by atoms with Crippen LogP contribution in [-0.4, -0.2) is 9.97 Å². The van der Waals surface area contributed by atoms with Gasteiger partial charge in [0.15, 0.2) is 0 Å². The van der Waals surface area contributed by atoms with Crippen molar-refractivity contribution < 1.29 is 0 Å². The van der Waals surface area contributed by atoms with E-state index >= 15 is 0 Å². The molecule has 1 atom stereocenters. The third-order valence-electron chi connectivity index (χ3n) is 2.56. The van der Waals surface area contributed by atoms with Crippen molar-refractivity contribution in [3.05, 3.63) is 23.8 Å². The van der Waals surface area contributed by atoms with Crippen molar-refractivity contribution in [3.63, 3.8) is 0 Å². The van der Waals surface area contributed by atoms with Crippen LogP contribution in [-0.2, 0) is 12.8 Å². The minimum Gasteiger partial charge on any atom is -0.245 e. The van der Waals surface area contributed by atoms with Crippen molar-refractivity contribution in [3.8, 4) is 0 Å². The smallest absolute Gasteiger partial charge is 0.115 e. The van der Waals surface area contributed by atoms with Crippen LogP contribution in [0, 0.1) is 5.92 Å². The average Bonchev–Trinajstić information content (AvgIpc) is 2.41. The molecule has 0 fully saturated rings. The topological polar surface area (TPSA) is 25.8 Å². The molecule has 0 saturated carbocycles. The fourth-order valence-electron chi connectivity index (χ4n) is 1.87. The summed E-state index contributed by atoms with van der Waals surface area (Å²) in [4.78, 5) is 8.37. The maximum Gasteiger partial charge on any atom is 0.115 e. The molecule has 2 heteroatoms. The van der Waals surface area contributed by atoms with E-state index in [4.69, 9.17) is 0 Å². The van der Waals surface area contributed by atoms with Crippen LogP contribution in [0.4, 0.5) is 0 Å². The maximum atomic E-state index is 4.30. The van der Waals surface area contributed by atoms with Gasteiger partial charge < -0.3 is 0 Å². The molecule has 0 aliphatic heterocycles. The Hall–Kier alpha value is -0.920. The molecular formula is C12H20N2. The monoisotopic (exact) mass is 192 g/mol. The Kier molecular flexibility index (Phi) is 4.57. The van der Waals surface area contributed by atoms with Crippen molar-refractivity contribution in [1.29, 1.82) is 0 Å². The first-order valence-corrected chi connectivity index (χ1v) is 5.64. The van der Waals surface area contributed by atoms with Gasteiger partial charge in [0.05, 0.1) is 0 Å². The van der Waals surface area contributed by atoms with Gasteiger partial charge >= 0.3 is 0 Å². The van der Waals surface area contributed by atoms with Gasteiger partial charge in [0.1, 0.15) is 6.33 Å². The maximum absolute atomic E-state index is 4.30. The predicted molar refractivity (Wildman–Crippen MR) is 59.2 cm³/mol. The van der Waals surface area contributed by atoms with Crippen molar-refractivity contribution in [2.45, 2.75) is 46.5 Å². The molecule has 2 rings (SSSR count). The lowest BCUT2D eigenvalue weighted by Crippen LogP contribution is -1.99. The highest BCUT2D eigenvalue weighted by Crippen LogP contribution is 2.21. The third kappa shape index (κ3) is 2.79. The summed E-state index contributed by atoms with van der Waals surface area (Å²) < 4.78 is 0. The summed E-state index contributed by atoms with van der Waals surface area (Å²) in [6.45, 7) is 6.31. The zero-order chi connectivity index (χ0) is 10.4. The lowest BCUT2D eigenvalue weighted by atomic mass is 10.0. The molecule has 0 N–H and O–H groups in total. The van der Waals surface area contributed by atoms with E-state index in [0.29, 0.717) is 0 Å². The van der Waals surface area contributed by atoms with Crippen molar-refractivity contribution >= 4 is 0 Å². The normalized spacial score (nSPS) is 20.1. The summed E-state index contributed by atoms with van der Waals surface area (Å²) in [5.41, 5.74) is 2.64. The van der Waals surface area contributed by atoms with E-state index in [0.717, 1.165) is 18.8 Å². The van der Waals surface area contributed by atoms with Gasteiger partial charge in [-0.05, 0) is 30.7 Å². The van der Waals surface area contributed by atoms with E-state index in [1.165, 1.54) is 24.1 Å². The molecule has 0 amide bonds. The first kappa shape index (κ1) is 11.2. The standard InChI is InChI=1S/C10H14N2.C2H6/c1-8-3-2-4-10-9(5-8)6-11-7-12-10;1-2/h6-8H,2-5H2,1H3;1-2H3. The molecule has 14 heavy (non-hydrogen) atoms. The van der Waals surface area contributed by atoms with E-state index in [9.17, 15) is 0 Å². The minimum absolute atomic E-state index is 0.803. The fraction of sp³-hybridized carbons (Fsp3) is 0.667. The summed E-state index contributed by atoms with van der Waals surface area (Å²) in [6.07, 6.45) is 8.55. The SMILES string of the molecule is CC.CC1CCCc2ncncc2C1. The molecule has 1 aliphatic carbocycles. The predicted octanol–water partition coefficient (Wildman–Crippen LogP) is 3.02. The minimum atomic E-state index is 0.803. The quantitative estimate of drug-likeness (QED) is 0.590. The zero-order valence-electron chi connectivity index (χ0n) is 9.45. The van der Waals surface area contributed by atoms with Gasteiger partial charge in [-0.1, -0.05) is 27.2 Å². The molecule has 0 aromatic carbocycles. The summed E-state index contributed by atoms with van der Waals surface area (Å²) in [7, 11) is 0. The number of aryl methyl sites for hydroxylation is 1. The van der Waals surface area contributed by atoms with Gasteiger partial charge in [0.25, 0.3) is 0 Å². The molecular weight excluding hydrogens is 172 g/mol. The second-order valence-corrected chi connectivity index (χ2v) is 3.70. The van der Waals surface area contributed by atoms with E-state index in [1.807, 2.05) is 20.0 Å². The molecule has 2 nitrogen and oxygen atoms in total. The van der Waals surface area contributed by atoms with E-state index < -0.39 is 0 Å². The summed E-state index contributed by atoms with van der Waals surface area (Å²) in [6, 6.07) is 0. The molecule has 0 radical (unpaired) electrons. The van der Waals surface area contributed by atoms with Crippen LogP contribution >= 0.6 is 0 Å². The third-order valence-corrected chi connectivity index (χ3v) is 2.56. The van der Waals surface area contributed by atoms with Crippen LogP contribution in [0.5, 0.6) is 0 Å². The molecule has 1 aromatic heterocycles. The van der Waals surface area contributed by atoms with Crippen LogP contribution in [0.15, 0.2) is 12.5 Å². The Morgan fingerprint density at radius 3 is 2.93 bits per heavy atom. The van der Waals surface area contributed by atoms with Gasteiger partial charge in [-0.3, -0.25) is 0 Å². The lowest BCUT2D eigenvalue weighted by Gasteiger charge is -2.05. The molecule has 1 aliphatic rings. The van der Waals surface area contributed by atoms with Crippen LogP contribution in [0.2, 0.25) is 0 Å². The van der Waals surface area contributed by atoms with Gasteiger partial charge in [0.2, 0.25) is 0 Å². The Bertz CT molecular complexity index is 271. The number of fused-ring (bicyclic) bond motifs is 1. The molecule has 0 saturated heterocycles. The highest BCUT2D eigenvalue weighted by molar-refractivity contribution is 5.17. The van der Waals surface area contributed by atoms with Crippen LogP contribution < -0.4 is 0 Å². The van der Waals surface area contributed by atoms with Crippen molar-refractivity contribution in [1.82, 2.24) is 9.97 Å². The molecule has 0 spiro atoms. The molecule has 1 heterocycles. The summed E-state index contributed by atoms with van der Waals surface area (Å²) >= 11 is 0. The zero-order valence-corrected chi connectivity index (χ0v) is 9.45. The van der Waals surface area contributed by atoms with Gasteiger partial charge in [-0.2, -0.15) is 0 Å². The van der Waals surface area contributed by atoms with Gasteiger partial charge in [-0.25, -0.2) is 9.97 Å². The Balaban J connectivity index is 0.000000461. The Labute approximate surface area is 86.8 Å². The summed E-state index contributed by atoms with van der Waals surface area (Å²) in [5.74, 6) is 0.803. The van der Waals surface area contributed by atoms with Crippen LogP contribution in [0.1, 0.15) is 44.9 Å². The Morgan fingerprint density at radius 2 is 2.14 bits per heavy atom. The number of aromatic nitrogens is 2. The van der Waals surface area contributed by atoms with Gasteiger partial charge in [-0.15, -0.1) is 0 Å². The fourth-order valence-corrected chi connectivity index (χ4v) is 1.87. The highest BCUT2D eigenvalue weighted by Gasteiger charge is 2.13. The van der Waals surface area contributed by atoms with Crippen molar-refractivity contribution in [2.24, 2.45) is 5.92 Å². The molecule has 0 bridgehead atoms. The van der Waals surface area contributed by atoms with Crippen LogP contribution in [0.25, 0.3) is 0 Å². The van der Waals surface area contributed by atoms with Gasteiger partial charge in [0, 0.05) is 11.9 Å². The number of hydrogen-bond donors (Lipinski definition) is 0. The molecule has 1 aromatic rings. The number of nitrogens with zero attached hydrogens (tertiary/aromatic N) is 2. The largest absolute Gasteiger partial charge is 0.245 e. The number of hydrogen-bond acceptors (Lipinski definition) is 2. The first-order valence-electron chi connectivity index (χ1n) is 5.64. The molecule has 78 valence electrons. The van der Waals surface area contributed by atoms with Crippen LogP contribution in [0.3, 0.4) is 0 Å². The second-order valence-electron chi connectivity index (χ2n) is 3.70. The summed E-state index contributed by atoms with van der Waals surface area (Å²) in [5, 5.41) is 0. The van der Waals surface area contributed by atoms with E-state index in [1.54, 1.807) is 6.33 Å². The second kappa shape index (κ2) is 5.74. The highest BCUT2D eigenvalue weighted by atomic mass is 14.8. The van der Waals surface area contributed by atoms with Crippen molar-refractivity contribution in [2.75, 3.05) is 0 Å². The molecule has 1 unspecified atom stereocenters. The first-order chi connectivity index (χ1) is 6.86.